The summed E-state index contributed by atoms with van der Waals surface area (Å²) in [6, 6.07) is 7.65. The summed E-state index contributed by atoms with van der Waals surface area (Å²) >= 11 is 1.41. The number of hydrogen-bond donors (Lipinski definition) is 2. The van der Waals surface area contributed by atoms with Crippen LogP contribution in [0.15, 0.2) is 24.3 Å². The number of fused-ring (bicyclic) bond motifs is 1. The van der Waals surface area contributed by atoms with E-state index in [0.29, 0.717) is 5.13 Å². The number of para-hydroxylation sites is 1. The Hall–Kier alpha value is -2.15. The Bertz CT molecular complexity index is 823. The topological polar surface area (TPSA) is 76.1 Å². The lowest BCUT2D eigenvalue weighted by atomic mass is 9.73. The van der Waals surface area contributed by atoms with Crippen LogP contribution >= 0.6 is 11.3 Å². The number of urea groups is 1. The second-order valence-corrected chi connectivity index (χ2v) is 9.17. The van der Waals surface area contributed by atoms with Crippen molar-refractivity contribution in [3.63, 3.8) is 0 Å². The van der Waals surface area contributed by atoms with Crippen LogP contribution in [0.4, 0.5) is 9.93 Å². The van der Waals surface area contributed by atoms with Crippen molar-refractivity contribution in [3.8, 4) is 5.75 Å². The highest BCUT2D eigenvalue weighted by molar-refractivity contribution is 7.15. The van der Waals surface area contributed by atoms with E-state index in [4.69, 9.17) is 4.74 Å². The molecule has 2 N–H and O–H groups in total. The molecule has 0 saturated heterocycles. The summed E-state index contributed by atoms with van der Waals surface area (Å²) in [6.45, 7) is 6.23. The summed E-state index contributed by atoms with van der Waals surface area (Å²) in [6.07, 6.45) is 4.08. The maximum absolute atomic E-state index is 12.5. The molecule has 26 heavy (non-hydrogen) atoms. The third-order valence-corrected chi connectivity index (χ3v) is 6.32. The van der Waals surface area contributed by atoms with Gasteiger partial charge in [0.2, 0.25) is 5.13 Å². The highest BCUT2D eigenvalue weighted by atomic mass is 32.1. The van der Waals surface area contributed by atoms with Crippen LogP contribution < -0.4 is 15.4 Å². The molecule has 4 rings (SSSR count). The largest absolute Gasteiger partial charge is 0.487 e. The Morgan fingerprint density at radius 1 is 1.27 bits per heavy atom. The predicted molar refractivity (Wildman–Crippen MR) is 102 cm³/mol. The van der Waals surface area contributed by atoms with Crippen molar-refractivity contribution in [2.24, 2.45) is 0 Å². The minimum absolute atomic E-state index is 0.0599. The second kappa shape index (κ2) is 6.23. The summed E-state index contributed by atoms with van der Waals surface area (Å²) in [7, 11) is 0. The summed E-state index contributed by atoms with van der Waals surface area (Å²) in [5.41, 5.74) is 0.839. The van der Waals surface area contributed by atoms with Crippen LogP contribution in [0.3, 0.4) is 0 Å². The summed E-state index contributed by atoms with van der Waals surface area (Å²) in [5, 5.41) is 15.6. The quantitative estimate of drug-likeness (QED) is 0.819. The van der Waals surface area contributed by atoms with Crippen LogP contribution in [-0.2, 0) is 5.41 Å². The van der Waals surface area contributed by atoms with E-state index in [0.717, 1.165) is 35.6 Å². The molecule has 1 aliphatic heterocycles. The fraction of sp³-hybridized carbons (Fsp3) is 0.526. The van der Waals surface area contributed by atoms with Crippen molar-refractivity contribution in [3.05, 3.63) is 34.8 Å². The molecule has 2 amide bonds. The molecule has 2 heterocycles. The molecule has 1 aromatic carbocycles. The molecule has 0 bridgehead atoms. The number of benzene rings is 1. The van der Waals surface area contributed by atoms with Crippen LogP contribution in [0.25, 0.3) is 0 Å². The molecular formula is C19H24N4O2S. The Labute approximate surface area is 157 Å². The van der Waals surface area contributed by atoms with Crippen molar-refractivity contribution in [1.82, 2.24) is 15.5 Å². The molecule has 1 spiro atoms. The lowest BCUT2D eigenvalue weighted by molar-refractivity contribution is -0.0354. The van der Waals surface area contributed by atoms with E-state index in [1.54, 1.807) is 0 Å². The number of carbonyl (C=O) groups excluding carboxylic acids is 1. The highest BCUT2D eigenvalue weighted by Gasteiger charge is 2.45. The number of carbonyl (C=O) groups is 1. The van der Waals surface area contributed by atoms with Gasteiger partial charge in [0.15, 0.2) is 0 Å². The minimum atomic E-state index is -0.252. The second-order valence-electron chi connectivity index (χ2n) is 8.19. The van der Waals surface area contributed by atoms with E-state index < -0.39 is 0 Å². The van der Waals surface area contributed by atoms with Gasteiger partial charge in [0.25, 0.3) is 0 Å². The van der Waals surface area contributed by atoms with Gasteiger partial charge in [-0.1, -0.05) is 50.3 Å². The van der Waals surface area contributed by atoms with Gasteiger partial charge >= 0.3 is 6.03 Å². The van der Waals surface area contributed by atoms with E-state index in [1.807, 2.05) is 24.3 Å². The number of anilines is 1. The molecule has 6 nitrogen and oxygen atoms in total. The van der Waals surface area contributed by atoms with Gasteiger partial charge in [0.1, 0.15) is 16.4 Å². The summed E-state index contributed by atoms with van der Waals surface area (Å²) < 4.78 is 6.23. The molecule has 2 aliphatic rings. The van der Waals surface area contributed by atoms with Gasteiger partial charge in [0.05, 0.1) is 6.04 Å². The molecule has 0 radical (unpaired) electrons. The number of ether oxygens (including phenoxy) is 1. The van der Waals surface area contributed by atoms with Gasteiger partial charge in [-0.3, -0.25) is 5.32 Å². The maximum Gasteiger partial charge on any atom is 0.321 e. The average molecular weight is 372 g/mol. The van der Waals surface area contributed by atoms with E-state index >= 15 is 0 Å². The van der Waals surface area contributed by atoms with E-state index in [-0.39, 0.29) is 23.1 Å². The minimum Gasteiger partial charge on any atom is -0.487 e. The summed E-state index contributed by atoms with van der Waals surface area (Å²) in [4.78, 5) is 12.5. The molecule has 138 valence electrons. The fourth-order valence-electron chi connectivity index (χ4n) is 3.49. The number of amides is 2. The highest BCUT2D eigenvalue weighted by Crippen LogP contribution is 2.48. The van der Waals surface area contributed by atoms with Crippen LogP contribution in [0, 0.1) is 0 Å². The number of aromatic nitrogens is 2. The first-order valence-corrected chi connectivity index (χ1v) is 9.86. The lowest BCUT2D eigenvalue weighted by Crippen LogP contribution is -2.50. The van der Waals surface area contributed by atoms with Crippen LogP contribution in [-0.4, -0.2) is 21.8 Å². The van der Waals surface area contributed by atoms with Crippen LogP contribution in [0.1, 0.15) is 63.1 Å². The number of hydrogen-bond acceptors (Lipinski definition) is 5. The zero-order valence-electron chi connectivity index (χ0n) is 15.3. The predicted octanol–water partition coefficient (Wildman–Crippen LogP) is 4.40. The zero-order chi connectivity index (χ0) is 18.4. The molecular weight excluding hydrogens is 348 g/mol. The van der Waals surface area contributed by atoms with Gasteiger partial charge in [-0.15, -0.1) is 10.2 Å². The molecule has 1 fully saturated rings. The number of nitrogens with one attached hydrogen (secondary N) is 2. The first-order valence-electron chi connectivity index (χ1n) is 9.04. The lowest BCUT2D eigenvalue weighted by Gasteiger charge is -2.47. The van der Waals surface area contributed by atoms with Crippen molar-refractivity contribution in [1.29, 1.82) is 0 Å². The molecule has 2 aromatic rings. The van der Waals surface area contributed by atoms with Crippen molar-refractivity contribution in [2.75, 3.05) is 5.32 Å². The molecule has 7 heteroatoms. The number of rotatable bonds is 2. The van der Waals surface area contributed by atoms with Gasteiger partial charge < -0.3 is 10.1 Å². The van der Waals surface area contributed by atoms with Crippen molar-refractivity contribution >= 4 is 22.5 Å². The SMILES string of the molecule is CC(C)(C)c1nnc(NC(=O)NC2CC3(CCC3)Oc3ccccc32)s1. The van der Waals surface area contributed by atoms with Crippen LogP contribution in [0.2, 0.25) is 0 Å². The smallest absolute Gasteiger partial charge is 0.321 e. The molecule has 1 aromatic heterocycles. The van der Waals surface area contributed by atoms with E-state index in [2.05, 4.69) is 41.6 Å². The van der Waals surface area contributed by atoms with Crippen molar-refractivity contribution in [2.45, 2.75) is 63.5 Å². The monoisotopic (exact) mass is 372 g/mol. The average Bonchev–Trinajstić information content (AvgIpc) is 3.02. The zero-order valence-corrected chi connectivity index (χ0v) is 16.2. The molecule has 1 aliphatic carbocycles. The van der Waals surface area contributed by atoms with Crippen molar-refractivity contribution < 1.29 is 9.53 Å². The standard InChI is InChI=1S/C19H24N4O2S/c1-18(2,3)15-22-23-17(26-15)21-16(24)20-13-11-19(9-6-10-19)25-14-8-5-4-7-12(13)14/h4-5,7-8,13H,6,9-11H2,1-3H3,(H2,20,21,23,24). The van der Waals surface area contributed by atoms with Gasteiger partial charge in [0, 0.05) is 17.4 Å². The Morgan fingerprint density at radius 3 is 2.69 bits per heavy atom. The van der Waals surface area contributed by atoms with Crippen LogP contribution in [0.5, 0.6) is 5.75 Å². The van der Waals surface area contributed by atoms with Gasteiger partial charge in [-0.05, 0) is 25.3 Å². The molecule has 1 atom stereocenters. The first-order chi connectivity index (χ1) is 12.3. The summed E-state index contributed by atoms with van der Waals surface area (Å²) in [5.74, 6) is 0.884. The Kier molecular flexibility index (Phi) is 4.14. The Balaban J connectivity index is 1.48. The molecule has 1 saturated carbocycles. The van der Waals surface area contributed by atoms with E-state index in [1.165, 1.54) is 17.8 Å². The normalized spacial score (nSPS) is 20.7. The third-order valence-electron chi connectivity index (χ3n) is 5.05. The Morgan fingerprint density at radius 2 is 2.04 bits per heavy atom. The third kappa shape index (κ3) is 3.28. The molecule has 1 unspecified atom stereocenters. The number of nitrogens with zero attached hydrogens (tertiary/aromatic N) is 2. The van der Waals surface area contributed by atoms with E-state index in [9.17, 15) is 4.79 Å². The van der Waals surface area contributed by atoms with Gasteiger partial charge in [-0.2, -0.15) is 0 Å². The van der Waals surface area contributed by atoms with Gasteiger partial charge in [-0.25, -0.2) is 4.79 Å². The fourth-order valence-corrected chi connectivity index (χ4v) is 4.29. The maximum atomic E-state index is 12.5. The first kappa shape index (κ1) is 17.3.